The lowest BCUT2D eigenvalue weighted by Crippen LogP contribution is -2.34. The van der Waals surface area contributed by atoms with E-state index < -0.39 is 5.97 Å². The summed E-state index contributed by atoms with van der Waals surface area (Å²) in [5.74, 6) is -0.820. The zero-order valence-corrected chi connectivity index (χ0v) is 15.6. The van der Waals surface area contributed by atoms with Crippen molar-refractivity contribution in [2.24, 2.45) is 0 Å². The highest BCUT2D eigenvalue weighted by atomic mass is 32.1. The van der Waals surface area contributed by atoms with E-state index in [9.17, 15) is 9.59 Å². The molecule has 28 heavy (non-hydrogen) atoms. The van der Waals surface area contributed by atoms with Gasteiger partial charge < -0.3 is 19.6 Å². The van der Waals surface area contributed by atoms with E-state index in [0.717, 1.165) is 0 Å². The standard InChI is InChI=1S/C20H16N2O5S/c1-26-17-11-13(7-8-14(17)15-9-10-16(27-15)19(24)25)21-20(28)22-18(23)12-5-3-2-4-6-12/h2-11H,1H3,(H,24,25)(H2,21,22,23,28). The first-order valence-corrected chi connectivity index (χ1v) is 8.57. The van der Waals surface area contributed by atoms with Gasteiger partial charge in [0.1, 0.15) is 11.5 Å². The van der Waals surface area contributed by atoms with Crippen LogP contribution in [0.2, 0.25) is 0 Å². The predicted molar refractivity (Wildman–Crippen MR) is 108 cm³/mol. The molecule has 1 aromatic heterocycles. The molecule has 0 bridgehead atoms. The highest BCUT2D eigenvalue weighted by Crippen LogP contribution is 2.33. The highest BCUT2D eigenvalue weighted by molar-refractivity contribution is 7.80. The minimum atomic E-state index is -1.15. The van der Waals surface area contributed by atoms with E-state index in [4.69, 9.17) is 26.5 Å². The van der Waals surface area contributed by atoms with Gasteiger partial charge in [-0.3, -0.25) is 10.1 Å². The summed E-state index contributed by atoms with van der Waals surface area (Å²) in [6.07, 6.45) is 0. The quantitative estimate of drug-likeness (QED) is 0.564. The van der Waals surface area contributed by atoms with Crippen molar-refractivity contribution in [2.45, 2.75) is 0 Å². The fourth-order valence-corrected chi connectivity index (χ4v) is 2.71. The Hall–Kier alpha value is -3.65. The molecule has 0 aliphatic rings. The molecule has 8 heteroatoms. The highest BCUT2D eigenvalue weighted by Gasteiger charge is 2.15. The van der Waals surface area contributed by atoms with Crippen molar-refractivity contribution in [1.29, 1.82) is 0 Å². The minimum absolute atomic E-state index is 0.134. The molecule has 0 saturated heterocycles. The molecule has 0 saturated carbocycles. The Morgan fingerprint density at radius 1 is 1.07 bits per heavy atom. The van der Waals surface area contributed by atoms with Crippen LogP contribution < -0.4 is 15.4 Å². The van der Waals surface area contributed by atoms with E-state index in [2.05, 4.69) is 10.6 Å². The average molecular weight is 396 g/mol. The van der Waals surface area contributed by atoms with Crippen molar-refractivity contribution >= 4 is 34.9 Å². The first kappa shape index (κ1) is 19.1. The van der Waals surface area contributed by atoms with E-state index in [1.165, 1.54) is 13.2 Å². The fraction of sp³-hybridized carbons (Fsp3) is 0.0500. The number of anilines is 1. The van der Waals surface area contributed by atoms with Gasteiger partial charge in [0.2, 0.25) is 5.76 Å². The second kappa shape index (κ2) is 8.36. The van der Waals surface area contributed by atoms with Crippen LogP contribution in [0, 0.1) is 0 Å². The number of furan rings is 1. The molecule has 0 aliphatic heterocycles. The lowest BCUT2D eigenvalue weighted by molar-refractivity contribution is 0.0663. The Morgan fingerprint density at radius 3 is 2.46 bits per heavy atom. The second-order valence-electron chi connectivity index (χ2n) is 5.66. The molecule has 3 N–H and O–H groups in total. The Bertz CT molecular complexity index is 1030. The second-order valence-corrected chi connectivity index (χ2v) is 6.07. The number of hydrogen-bond donors (Lipinski definition) is 3. The lowest BCUT2D eigenvalue weighted by atomic mass is 10.1. The van der Waals surface area contributed by atoms with Gasteiger partial charge in [-0.05, 0) is 48.6 Å². The number of hydrogen-bond acceptors (Lipinski definition) is 5. The number of rotatable bonds is 5. The van der Waals surface area contributed by atoms with Crippen LogP contribution in [-0.4, -0.2) is 29.2 Å². The number of carbonyl (C=O) groups is 2. The molecule has 3 aromatic rings. The number of thiocarbonyl (C=S) groups is 1. The maximum absolute atomic E-state index is 12.1. The normalized spacial score (nSPS) is 10.2. The number of benzene rings is 2. The van der Waals surface area contributed by atoms with Crippen LogP contribution in [0.15, 0.2) is 65.1 Å². The molecule has 3 rings (SSSR count). The van der Waals surface area contributed by atoms with Gasteiger partial charge >= 0.3 is 5.97 Å². The first-order valence-electron chi connectivity index (χ1n) is 8.17. The number of carboxylic acids is 1. The van der Waals surface area contributed by atoms with E-state index in [-0.39, 0.29) is 16.8 Å². The van der Waals surface area contributed by atoms with Crippen molar-refractivity contribution in [1.82, 2.24) is 5.32 Å². The van der Waals surface area contributed by atoms with Crippen LogP contribution >= 0.6 is 12.2 Å². The van der Waals surface area contributed by atoms with Crippen molar-refractivity contribution in [2.75, 3.05) is 12.4 Å². The van der Waals surface area contributed by atoms with Crippen molar-refractivity contribution in [3.8, 4) is 17.1 Å². The van der Waals surface area contributed by atoms with Crippen LogP contribution in [0.1, 0.15) is 20.9 Å². The van der Waals surface area contributed by atoms with Crippen molar-refractivity contribution in [3.63, 3.8) is 0 Å². The number of amides is 1. The molecule has 0 radical (unpaired) electrons. The Morgan fingerprint density at radius 2 is 1.82 bits per heavy atom. The molecule has 7 nitrogen and oxygen atoms in total. The van der Waals surface area contributed by atoms with Crippen LogP contribution in [0.25, 0.3) is 11.3 Å². The molecular formula is C20H16N2O5S. The smallest absolute Gasteiger partial charge is 0.371 e. The number of aromatic carboxylic acids is 1. The summed E-state index contributed by atoms with van der Waals surface area (Å²) in [4.78, 5) is 23.1. The molecule has 2 aromatic carbocycles. The van der Waals surface area contributed by atoms with Gasteiger partial charge in [-0.15, -0.1) is 0 Å². The number of carbonyl (C=O) groups excluding carboxylic acids is 1. The summed E-state index contributed by atoms with van der Waals surface area (Å²) >= 11 is 5.18. The number of methoxy groups -OCH3 is 1. The summed E-state index contributed by atoms with van der Waals surface area (Å²) < 4.78 is 10.7. The van der Waals surface area contributed by atoms with Crippen molar-refractivity contribution < 1.29 is 23.8 Å². The van der Waals surface area contributed by atoms with Gasteiger partial charge in [-0.25, -0.2) is 4.79 Å². The fourth-order valence-electron chi connectivity index (χ4n) is 2.50. The molecule has 0 aliphatic carbocycles. The minimum Gasteiger partial charge on any atom is -0.496 e. The Balaban J connectivity index is 1.73. The lowest BCUT2D eigenvalue weighted by Gasteiger charge is -2.12. The zero-order valence-electron chi connectivity index (χ0n) is 14.8. The van der Waals surface area contributed by atoms with Crippen LogP contribution in [0.4, 0.5) is 5.69 Å². The maximum Gasteiger partial charge on any atom is 0.371 e. The van der Waals surface area contributed by atoms with Crippen molar-refractivity contribution in [3.05, 3.63) is 72.0 Å². The largest absolute Gasteiger partial charge is 0.496 e. The molecule has 0 atom stereocenters. The third kappa shape index (κ3) is 4.36. The third-order valence-corrected chi connectivity index (χ3v) is 4.01. The predicted octanol–water partition coefficient (Wildman–Crippen LogP) is 3.78. The molecule has 1 amide bonds. The molecule has 0 fully saturated rings. The van der Waals surface area contributed by atoms with Crippen LogP contribution in [0.3, 0.4) is 0 Å². The summed E-state index contributed by atoms with van der Waals surface area (Å²) in [5, 5.41) is 14.6. The average Bonchev–Trinajstić information content (AvgIpc) is 3.18. The maximum atomic E-state index is 12.1. The first-order chi connectivity index (χ1) is 13.5. The summed E-state index contributed by atoms with van der Waals surface area (Å²) in [7, 11) is 1.49. The number of carboxylic acid groups (broad SMARTS) is 1. The number of nitrogens with one attached hydrogen (secondary N) is 2. The molecule has 0 unspecified atom stereocenters. The molecule has 0 spiro atoms. The van der Waals surface area contributed by atoms with Crippen LogP contribution in [-0.2, 0) is 0 Å². The van der Waals surface area contributed by atoms with Gasteiger partial charge in [-0.1, -0.05) is 18.2 Å². The van der Waals surface area contributed by atoms with E-state index in [1.807, 2.05) is 6.07 Å². The zero-order chi connectivity index (χ0) is 20.1. The monoisotopic (exact) mass is 396 g/mol. The SMILES string of the molecule is COc1cc(NC(=S)NC(=O)c2ccccc2)ccc1-c1ccc(C(=O)O)o1. The Labute approximate surface area is 165 Å². The molecular weight excluding hydrogens is 380 g/mol. The van der Waals surface area contributed by atoms with Gasteiger partial charge in [0, 0.05) is 17.3 Å². The summed E-state index contributed by atoms with van der Waals surface area (Å²) in [6, 6.07) is 16.7. The third-order valence-electron chi connectivity index (χ3n) is 3.80. The van der Waals surface area contributed by atoms with Gasteiger partial charge in [0.15, 0.2) is 5.11 Å². The van der Waals surface area contributed by atoms with Crippen LogP contribution in [0.5, 0.6) is 5.75 Å². The van der Waals surface area contributed by atoms with Gasteiger partial charge in [0.05, 0.1) is 12.7 Å². The Kier molecular flexibility index (Phi) is 5.71. The van der Waals surface area contributed by atoms with E-state index >= 15 is 0 Å². The number of ether oxygens (including phenoxy) is 1. The van der Waals surface area contributed by atoms with Gasteiger partial charge in [0.25, 0.3) is 5.91 Å². The summed E-state index contributed by atoms with van der Waals surface area (Å²) in [6.45, 7) is 0. The van der Waals surface area contributed by atoms with Gasteiger partial charge in [-0.2, -0.15) is 0 Å². The van der Waals surface area contributed by atoms with E-state index in [1.54, 1.807) is 48.5 Å². The molecule has 1 heterocycles. The topological polar surface area (TPSA) is 101 Å². The molecule has 142 valence electrons. The van der Waals surface area contributed by atoms with E-state index in [0.29, 0.717) is 28.3 Å². The summed E-state index contributed by atoms with van der Waals surface area (Å²) in [5.41, 5.74) is 1.66.